The van der Waals surface area contributed by atoms with Gasteiger partial charge in [0.1, 0.15) is 17.2 Å². The van der Waals surface area contributed by atoms with Gasteiger partial charge in [0.05, 0.1) is 17.1 Å². The first kappa shape index (κ1) is 14.9. The second-order valence-corrected chi connectivity index (χ2v) is 6.53. The lowest BCUT2D eigenvalue weighted by molar-refractivity contribution is 0.392. The first-order valence-corrected chi connectivity index (χ1v) is 8.46. The molecule has 0 radical (unpaired) electrons. The third-order valence-corrected chi connectivity index (χ3v) is 4.82. The minimum Gasteiger partial charge on any atom is -0.440 e. The van der Waals surface area contributed by atoms with Crippen molar-refractivity contribution in [3.63, 3.8) is 0 Å². The Balaban J connectivity index is 1.73. The topological polar surface area (TPSA) is 69.9 Å². The van der Waals surface area contributed by atoms with Gasteiger partial charge in [0.25, 0.3) is 0 Å². The summed E-state index contributed by atoms with van der Waals surface area (Å²) in [5.41, 5.74) is 2.72. The number of oxazole rings is 1. The molecule has 4 aromatic rings. The molecule has 4 heterocycles. The lowest BCUT2D eigenvalue weighted by Gasteiger charge is -2.06. The quantitative estimate of drug-likeness (QED) is 0.556. The van der Waals surface area contributed by atoms with E-state index in [-0.39, 0.29) is 0 Å². The number of rotatable bonds is 4. The molecule has 4 aromatic heterocycles. The van der Waals surface area contributed by atoms with Crippen LogP contribution in [0.25, 0.3) is 22.3 Å². The van der Waals surface area contributed by atoms with Crippen molar-refractivity contribution in [3.05, 3.63) is 52.7 Å². The average Bonchev–Trinajstić information content (AvgIpc) is 3.32. The van der Waals surface area contributed by atoms with E-state index in [1.807, 2.05) is 49.0 Å². The van der Waals surface area contributed by atoms with E-state index >= 15 is 0 Å². The summed E-state index contributed by atoms with van der Waals surface area (Å²) in [5.74, 6) is 2.98. The molecule has 0 bridgehead atoms. The van der Waals surface area contributed by atoms with Gasteiger partial charge in [0.15, 0.2) is 5.82 Å². The number of thiophene rings is 1. The van der Waals surface area contributed by atoms with E-state index in [2.05, 4.69) is 15.1 Å². The minimum atomic E-state index is 0.629. The fourth-order valence-corrected chi connectivity index (χ4v) is 3.31. The maximum atomic E-state index is 5.84. The van der Waals surface area contributed by atoms with Crippen LogP contribution in [0.4, 0.5) is 0 Å². The Morgan fingerprint density at radius 1 is 1.21 bits per heavy atom. The molecular weight excluding hydrogens is 324 g/mol. The largest absolute Gasteiger partial charge is 0.440 e. The standard InChI is InChI=1S/C17H16N4O2S/c1-10-13(11(2)23-20-10)9-21-7-6-18-16(21)15-12(3)22-17(19-15)14-5-4-8-24-14/h4-8H,9H2,1-3H3. The van der Waals surface area contributed by atoms with Crippen molar-refractivity contribution in [3.8, 4) is 22.3 Å². The summed E-state index contributed by atoms with van der Waals surface area (Å²) >= 11 is 1.60. The SMILES string of the molecule is Cc1noc(C)c1Cn1ccnc1-c1nc(-c2cccs2)oc1C. The molecular formula is C17H16N4O2S. The maximum Gasteiger partial charge on any atom is 0.237 e. The number of hydrogen-bond donors (Lipinski definition) is 0. The molecule has 7 heteroatoms. The van der Waals surface area contributed by atoms with Gasteiger partial charge in [-0.3, -0.25) is 0 Å². The van der Waals surface area contributed by atoms with Crippen LogP contribution in [0.3, 0.4) is 0 Å². The molecule has 24 heavy (non-hydrogen) atoms. The van der Waals surface area contributed by atoms with Crippen molar-refractivity contribution in [1.82, 2.24) is 19.7 Å². The summed E-state index contributed by atoms with van der Waals surface area (Å²) in [6.07, 6.45) is 3.70. The van der Waals surface area contributed by atoms with Crippen LogP contribution in [0.15, 0.2) is 38.8 Å². The number of aryl methyl sites for hydroxylation is 3. The van der Waals surface area contributed by atoms with Crippen molar-refractivity contribution in [1.29, 1.82) is 0 Å². The van der Waals surface area contributed by atoms with E-state index in [9.17, 15) is 0 Å². The molecule has 0 spiro atoms. The Hall–Kier alpha value is -2.67. The minimum absolute atomic E-state index is 0.629. The van der Waals surface area contributed by atoms with Crippen molar-refractivity contribution < 1.29 is 8.94 Å². The Kier molecular flexibility index (Phi) is 3.57. The third-order valence-electron chi connectivity index (χ3n) is 3.97. The predicted octanol–water partition coefficient (Wildman–Crippen LogP) is 4.23. The number of imidazole rings is 1. The number of nitrogens with zero attached hydrogens (tertiary/aromatic N) is 4. The van der Waals surface area contributed by atoms with E-state index in [4.69, 9.17) is 8.94 Å². The molecule has 0 aromatic carbocycles. The third kappa shape index (κ3) is 2.46. The Morgan fingerprint density at radius 2 is 2.08 bits per heavy atom. The highest BCUT2D eigenvalue weighted by Crippen LogP contribution is 2.30. The van der Waals surface area contributed by atoms with Gasteiger partial charge in [-0.25, -0.2) is 9.97 Å². The molecule has 0 unspecified atom stereocenters. The monoisotopic (exact) mass is 340 g/mol. The molecule has 0 saturated carbocycles. The first-order valence-electron chi connectivity index (χ1n) is 7.58. The van der Waals surface area contributed by atoms with E-state index in [0.29, 0.717) is 12.4 Å². The van der Waals surface area contributed by atoms with Gasteiger partial charge in [-0.05, 0) is 32.2 Å². The number of hydrogen-bond acceptors (Lipinski definition) is 6. The normalized spacial score (nSPS) is 11.3. The van der Waals surface area contributed by atoms with Crippen LogP contribution in [0.1, 0.15) is 22.8 Å². The molecule has 0 aliphatic rings. The second kappa shape index (κ2) is 5.76. The zero-order chi connectivity index (χ0) is 16.7. The molecule has 0 fully saturated rings. The Bertz CT molecular complexity index is 959. The molecule has 0 amide bonds. The van der Waals surface area contributed by atoms with Gasteiger partial charge in [-0.1, -0.05) is 11.2 Å². The summed E-state index contributed by atoms with van der Waals surface area (Å²) in [7, 11) is 0. The molecule has 0 aliphatic heterocycles. The van der Waals surface area contributed by atoms with Crippen molar-refractivity contribution >= 4 is 11.3 Å². The van der Waals surface area contributed by atoms with Crippen LogP contribution in [0.5, 0.6) is 0 Å². The van der Waals surface area contributed by atoms with Gasteiger partial charge in [0, 0.05) is 18.0 Å². The molecule has 0 aliphatic carbocycles. The second-order valence-electron chi connectivity index (χ2n) is 5.58. The molecule has 0 saturated heterocycles. The molecule has 0 atom stereocenters. The van der Waals surface area contributed by atoms with Gasteiger partial charge in [-0.15, -0.1) is 11.3 Å². The van der Waals surface area contributed by atoms with Crippen LogP contribution in [0, 0.1) is 20.8 Å². The van der Waals surface area contributed by atoms with Crippen LogP contribution in [-0.4, -0.2) is 19.7 Å². The van der Waals surface area contributed by atoms with Crippen molar-refractivity contribution in [2.75, 3.05) is 0 Å². The summed E-state index contributed by atoms with van der Waals surface area (Å²) in [6.45, 7) is 6.41. The lowest BCUT2D eigenvalue weighted by atomic mass is 10.2. The fourth-order valence-electron chi connectivity index (χ4n) is 2.66. The van der Waals surface area contributed by atoms with Gasteiger partial charge in [0.2, 0.25) is 5.89 Å². The van der Waals surface area contributed by atoms with Gasteiger partial charge < -0.3 is 13.5 Å². The summed E-state index contributed by atoms with van der Waals surface area (Å²) in [5, 5.41) is 6.02. The highest BCUT2D eigenvalue weighted by Gasteiger charge is 2.19. The van der Waals surface area contributed by atoms with Crippen LogP contribution in [0.2, 0.25) is 0 Å². The van der Waals surface area contributed by atoms with Gasteiger partial charge in [-0.2, -0.15) is 0 Å². The highest BCUT2D eigenvalue weighted by atomic mass is 32.1. The number of aromatic nitrogens is 4. The van der Waals surface area contributed by atoms with Crippen LogP contribution in [-0.2, 0) is 6.54 Å². The van der Waals surface area contributed by atoms with Crippen LogP contribution >= 0.6 is 11.3 Å². The van der Waals surface area contributed by atoms with E-state index in [0.717, 1.165) is 39.2 Å². The lowest BCUT2D eigenvalue weighted by Crippen LogP contribution is -2.03. The Labute approximate surface area is 142 Å². The average molecular weight is 340 g/mol. The molecule has 6 nitrogen and oxygen atoms in total. The summed E-state index contributed by atoms with van der Waals surface area (Å²) in [6, 6.07) is 3.98. The summed E-state index contributed by atoms with van der Waals surface area (Å²) in [4.78, 5) is 10.1. The maximum absolute atomic E-state index is 5.84. The molecule has 122 valence electrons. The van der Waals surface area contributed by atoms with E-state index < -0.39 is 0 Å². The molecule has 4 rings (SSSR count). The van der Waals surface area contributed by atoms with Crippen molar-refractivity contribution in [2.45, 2.75) is 27.3 Å². The zero-order valence-electron chi connectivity index (χ0n) is 13.6. The van der Waals surface area contributed by atoms with E-state index in [1.54, 1.807) is 17.5 Å². The summed E-state index contributed by atoms with van der Waals surface area (Å²) < 4.78 is 13.1. The van der Waals surface area contributed by atoms with Crippen molar-refractivity contribution in [2.24, 2.45) is 0 Å². The highest BCUT2D eigenvalue weighted by molar-refractivity contribution is 7.13. The van der Waals surface area contributed by atoms with Gasteiger partial charge >= 0.3 is 0 Å². The zero-order valence-corrected chi connectivity index (χ0v) is 14.4. The first-order chi connectivity index (χ1) is 11.6. The smallest absolute Gasteiger partial charge is 0.237 e. The molecule has 0 N–H and O–H groups in total. The fraction of sp³-hybridized carbons (Fsp3) is 0.235. The van der Waals surface area contributed by atoms with Crippen LogP contribution < -0.4 is 0 Å². The Morgan fingerprint density at radius 3 is 2.79 bits per heavy atom. The predicted molar refractivity (Wildman–Crippen MR) is 90.9 cm³/mol. The van der Waals surface area contributed by atoms with E-state index in [1.165, 1.54) is 0 Å².